The van der Waals surface area contributed by atoms with Crippen LogP contribution in [-0.2, 0) is 9.59 Å². The number of hydrogen-bond donors (Lipinski definition) is 0. The summed E-state index contributed by atoms with van der Waals surface area (Å²) in [5.74, 6) is 7.93. The molecule has 0 bridgehead atoms. The number of unbranched alkanes of at least 4 members (excludes halogenated alkanes) is 2. The van der Waals surface area contributed by atoms with Crippen LogP contribution in [0.4, 0.5) is 0 Å². The van der Waals surface area contributed by atoms with Crippen LogP contribution in [0.25, 0.3) is 0 Å². The highest BCUT2D eigenvalue weighted by atomic mass is 32.2. The number of ketones is 2. The van der Waals surface area contributed by atoms with Gasteiger partial charge in [-0.05, 0) is 162 Å². The summed E-state index contributed by atoms with van der Waals surface area (Å²) in [6.45, 7) is 0. The first-order valence-electron chi connectivity index (χ1n) is 15.9. The van der Waals surface area contributed by atoms with Crippen LogP contribution in [0.15, 0.2) is 0 Å². The summed E-state index contributed by atoms with van der Waals surface area (Å²) in [5.41, 5.74) is -0.254. The first-order chi connectivity index (χ1) is 19.9. The maximum Gasteiger partial charge on any atom is 0.139 e. The largest absolute Gasteiger partial charge is 0.299 e. The molecular formula is C33H64O2S6. The van der Waals surface area contributed by atoms with E-state index in [4.69, 9.17) is 0 Å². The van der Waals surface area contributed by atoms with Crippen LogP contribution in [0.5, 0.6) is 0 Å². The van der Waals surface area contributed by atoms with Gasteiger partial charge in [0, 0.05) is 23.7 Å². The number of Topliss-reactive ketones (excluding diaryl/α,β-unsaturated/α-hetero) is 2. The van der Waals surface area contributed by atoms with Crippen molar-refractivity contribution in [3.05, 3.63) is 0 Å². The summed E-state index contributed by atoms with van der Waals surface area (Å²) in [6.07, 6.45) is 30.5. The van der Waals surface area contributed by atoms with Crippen LogP contribution in [0.1, 0.15) is 109 Å². The molecule has 0 aliphatic rings. The van der Waals surface area contributed by atoms with E-state index in [-0.39, 0.29) is 10.8 Å². The lowest BCUT2D eigenvalue weighted by Crippen LogP contribution is -2.32. The Morgan fingerprint density at radius 3 is 0.780 bits per heavy atom. The molecule has 0 aliphatic carbocycles. The smallest absolute Gasteiger partial charge is 0.139 e. The molecule has 41 heavy (non-hydrogen) atoms. The molecule has 0 rings (SSSR count). The number of carbonyl (C=O) groups is 2. The van der Waals surface area contributed by atoms with Crippen LogP contribution < -0.4 is 0 Å². The molecule has 0 amide bonds. The zero-order valence-electron chi connectivity index (χ0n) is 27.5. The van der Waals surface area contributed by atoms with E-state index >= 15 is 0 Å². The van der Waals surface area contributed by atoms with Gasteiger partial charge in [-0.25, -0.2) is 0 Å². The van der Waals surface area contributed by atoms with Gasteiger partial charge in [0.2, 0.25) is 0 Å². The quantitative estimate of drug-likeness (QED) is 0.0648. The van der Waals surface area contributed by atoms with Crippen molar-refractivity contribution in [1.29, 1.82) is 0 Å². The van der Waals surface area contributed by atoms with Crippen molar-refractivity contribution < 1.29 is 9.59 Å². The number of hydrogen-bond acceptors (Lipinski definition) is 8. The second-order valence-corrected chi connectivity index (χ2v) is 17.5. The average molecular weight is 685 g/mol. The fourth-order valence-corrected chi connectivity index (χ4v) is 8.79. The summed E-state index contributed by atoms with van der Waals surface area (Å²) in [4.78, 5) is 27.7. The minimum absolute atomic E-state index is 0.127. The highest BCUT2D eigenvalue weighted by Crippen LogP contribution is 2.40. The fraction of sp³-hybridized carbons (Fsp3) is 0.939. The van der Waals surface area contributed by atoms with Gasteiger partial charge >= 0.3 is 0 Å². The van der Waals surface area contributed by atoms with Crippen molar-refractivity contribution in [1.82, 2.24) is 0 Å². The van der Waals surface area contributed by atoms with Crippen LogP contribution >= 0.6 is 70.6 Å². The van der Waals surface area contributed by atoms with Gasteiger partial charge in [0.15, 0.2) is 0 Å². The van der Waals surface area contributed by atoms with E-state index in [0.29, 0.717) is 24.4 Å². The third-order valence-electron chi connectivity index (χ3n) is 8.51. The Hall–Kier alpha value is 1.44. The summed E-state index contributed by atoms with van der Waals surface area (Å²) >= 11 is 11.4. The molecule has 0 saturated carbocycles. The van der Waals surface area contributed by atoms with E-state index in [2.05, 4.69) is 37.5 Å². The van der Waals surface area contributed by atoms with E-state index in [9.17, 15) is 9.59 Å². The van der Waals surface area contributed by atoms with E-state index < -0.39 is 0 Å². The molecule has 0 N–H and O–H groups in total. The predicted molar refractivity (Wildman–Crippen MR) is 204 cm³/mol. The van der Waals surface area contributed by atoms with E-state index in [0.717, 1.165) is 131 Å². The second kappa shape index (κ2) is 28.9. The van der Waals surface area contributed by atoms with Crippen molar-refractivity contribution in [3.8, 4) is 0 Å². The molecule has 244 valence electrons. The Morgan fingerprint density at radius 1 is 0.366 bits per heavy atom. The van der Waals surface area contributed by atoms with Crippen LogP contribution in [0.3, 0.4) is 0 Å². The van der Waals surface area contributed by atoms with Gasteiger partial charge in [-0.15, -0.1) is 0 Å². The van der Waals surface area contributed by atoms with Crippen LogP contribution in [0, 0.1) is 10.8 Å². The molecule has 0 aromatic rings. The average Bonchev–Trinajstić information content (AvgIpc) is 2.97. The summed E-state index contributed by atoms with van der Waals surface area (Å²) < 4.78 is 0. The highest BCUT2D eigenvalue weighted by Gasteiger charge is 2.37. The Morgan fingerprint density at radius 2 is 0.585 bits per heavy atom. The van der Waals surface area contributed by atoms with Crippen molar-refractivity contribution in [2.24, 2.45) is 10.8 Å². The minimum atomic E-state index is -0.127. The highest BCUT2D eigenvalue weighted by molar-refractivity contribution is 7.99. The maximum absolute atomic E-state index is 13.9. The molecule has 0 atom stereocenters. The van der Waals surface area contributed by atoms with E-state index in [1.807, 2.05) is 70.6 Å². The molecular weight excluding hydrogens is 621 g/mol. The van der Waals surface area contributed by atoms with E-state index in [1.165, 1.54) is 0 Å². The Kier molecular flexibility index (Phi) is 29.9. The minimum Gasteiger partial charge on any atom is -0.299 e. The lowest BCUT2D eigenvalue weighted by molar-refractivity contribution is -0.130. The van der Waals surface area contributed by atoms with Crippen molar-refractivity contribution in [2.45, 2.75) is 109 Å². The normalized spacial score (nSPS) is 12.2. The molecule has 0 fully saturated rings. The Bertz CT molecular complexity index is 526. The maximum atomic E-state index is 13.9. The first-order valence-corrected chi connectivity index (χ1v) is 24.3. The molecule has 2 nitrogen and oxygen atoms in total. The molecule has 0 spiro atoms. The third-order valence-corrected chi connectivity index (χ3v) is 12.7. The van der Waals surface area contributed by atoms with Gasteiger partial charge in [-0.1, -0.05) is 6.42 Å². The van der Waals surface area contributed by atoms with Crippen molar-refractivity contribution in [3.63, 3.8) is 0 Å². The fourth-order valence-electron chi connectivity index (χ4n) is 6.19. The number of carbonyl (C=O) groups excluding carboxylic acids is 2. The summed E-state index contributed by atoms with van der Waals surface area (Å²) in [7, 11) is 0. The molecule has 0 unspecified atom stereocenters. The Labute approximate surface area is 281 Å². The van der Waals surface area contributed by atoms with Crippen molar-refractivity contribution >= 4 is 82.1 Å². The topological polar surface area (TPSA) is 34.1 Å². The predicted octanol–water partition coefficient (Wildman–Crippen LogP) is 10.9. The van der Waals surface area contributed by atoms with Crippen LogP contribution in [0.2, 0.25) is 0 Å². The molecule has 0 aliphatic heterocycles. The molecule has 0 radical (unpaired) electrons. The summed E-state index contributed by atoms with van der Waals surface area (Å²) in [5, 5.41) is 0. The second-order valence-electron chi connectivity index (χ2n) is 11.5. The van der Waals surface area contributed by atoms with E-state index in [1.54, 1.807) is 0 Å². The lowest BCUT2D eigenvalue weighted by Gasteiger charge is -2.34. The van der Waals surface area contributed by atoms with Gasteiger partial charge in [0.25, 0.3) is 0 Å². The van der Waals surface area contributed by atoms with Gasteiger partial charge in [-0.3, -0.25) is 9.59 Å². The number of thioether (sulfide) groups is 6. The number of rotatable bonds is 32. The standard InChI is InChI=1S/C33H64O2S6/c1-36-24-10-18-32(19-11-25-37-2,20-12-26-38-3)30(34)16-8-7-9-17-31(35)33(21-13-27-39-4,22-14-28-40-5)23-15-29-41-6/h7-29H2,1-6H3. The summed E-state index contributed by atoms with van der Waals surface area (Å²) in [6, 6.07) is 0. The zero-order valence-corrected chi connectivity index (χ0v) is 32.4. The molecule has 0 aromatic heterocycles. The molecule has 0 aromatic carbocycles. The zero-order chi connectivity index (χ0) is 30.7. The first kappa shape index (κ1) is 42.4. The monoisotopic (exact) mass is 684 g/mol. The molecule has 0 heterocycles. The van der Waals surface area contributed by atoms with Crippen molar-refractivity contribution in [2.75, 3.05) is 72.1 Å². The van der Waals surface area contributed by atoms with Crippen LogP contribution in [-0.4, -0.2) is 83.6 Å². The lowest BCUT2D eigenvalue weighted by atomic mass is 9.70. The van der Waals surface area contributed by atoms with Gasteiger partial charge < -0.3 is 0 Å². The van der Waals surface area contributed by atoms with Gasteiger partial charge in [0.05, 0.1) is 0 Å². The molecule has 8 heteroatoms. The SMILES string of the molecule is CSCCCC(CCCSC)(CCCSC)C(=O)CCCCCC(=O)C(CCCSC)(CCCSC)CCCSC. The van der Waals surface area contributed by atoms with Gasteiger partial charge in [-0.2, -0.15) is 70.6 Å². The third kappa shape index (κ3) is 19.5. The van der Waals surface area contributed by atoms with Gasteiger partial charge in [0.1, 0.15) is 11.6 Å². The Balaban J connectivity index is 5.26. The molecule has 0 saturated heterocycles.